The predicted molar refractivity (Wildman–Crippen MR) is 77.8 cm³/mol. The molecule has 106 valence electrons. The van der Waals surface area contributed by atoms with Gasteiger partial charge in [0.1, 0.15) is 11.5 Å². The van der Waals surface area contributed by atoms with Gasteiger partial charge in [-0.25, -0.2) is 0 Å². The Kier molecular flexibility index (Phi) is 5.08. The summed E-state index contributed by atoms with van der Waals surface area (Å²) in [5.74, 6) is 2.49. The molecule has 19 heavy (non-hydrogen) atoms. The zero-order valence-electron chi connectivity index (χ0n) is 12.2. The first-order chi connectivity index (χ1) is 9.22. The zero-order valence-corrected chi connectivity index (χ0v) is 12.2. The van der Waals surface area contributed by atoms with Crippen molar-refractivity contribution in [2.24, 2.45) is 5.92 Å². The van der Waals surface area contributed by atoms with Crippen LogP contribution >= 0.6 is 0 Å². The van der Waals surface area contributed by atoms with Crippen LogP contribution in [0.2, 0.25) is 0 Å². The molecule has 1 aromatic carbocycles. The van der Waals surface area contributed by atoms with Crippen LogP contribution in [0, 0.1) is 5.92 Å². The third-order valence-electron chi connectivity index (χ3n) is 4.09. The molecular formula is C16H25NO2. The van der Waals surface area contributed by atoms with E-state index in [1.807, 2.05) is 6.07 Å². The summed E-state index contributed by atoms with van der Waals surface area (Å²) < 4.78 is 10.6. The van der Waals surface area contributed by atoms with E-state index in [0.717, 1.165) is 24.0 Å². The first-order valence-corrected chi connectivity index (χ1v) is 7.18. The first kappa shape index (κ1) is 14.2. The highest BCUT2D eigenvalue weighted by Gasteiger charge is 2.20. The summed E-state index contributed by atoms with van der Waals surface area (Å²) in [5, 5.41) is 3.68. The van der Waals surface area contributed by atoms with Crippen molar-refractivity contribution < 1.29 is 9.47 Å². The van der Waals surface area contributed by atoms with Crippen molar-refractivity contribution in [2.45, 2.75) is 45.2 Å². The van der Waals surface area contributed by atoms with Gasteiger partial charge in [-0.3, -0.25) is 0 Å². The topological polar surface area (TPSA) is 30.5 Å². The molecule has 3 heteroatoms. The van der Waals surface area contributed by atoms with E-state index in [2.05, 4.69) is 24.4 Å². The van der Waals surface area contributed by atoms with E-state index in [1.165, 1.54) is 31.2 Å². The summed E-state index contributed by atoms with van der Waals surface area (Å²) in [5.41, 5.74) is 1.22. The van der Waals surface area contributed by atoms with Crippen LogP contribution in [-0.2, 0) is 6.54 Å². The van der Waals surface area contributed by atoms with Crippen molar-refractivity contribution in [3.8, 4) is 11.5 Å². The van der Waals surface area contributed by atoms with Crippen molar-refractivity contribution in [1.82, 2.24) is 5.32 Å². The highest BCUT2D eigenvalue weighted by Crippen LogP contribution is 2.25. The molecule has 1 aliphatic carbocycles. The van der Waals surface area contributed by atoms with Gasteiger partial charge in [0, 0.05) is 18.7 Å². The second-order valence-electron chi connectivity index (χ2n) is 5.47. The number of nitrogens with one attached hydrogen (secondary N) is 1. The first-order valence-electron chi connectivity index (χ1n) is 7.18. The summed E-state index contributed by atoms with van der Waals surface area (Å²) >= 11 is 0. The van der Waals surface area contributed by atoms with E-state index in [1.54, 1.807) is 14.2 Å². The molecule has 2 rings (SSSR count). The van der Waals surface area contributed by atoms with Crippen molar-refractivity contribution >= 4 is 0 Å². The standard InChI is InChI=1S/C16H25NO2/c1-12-6-4-5-7-16(12)17-11-13-8-14(18-2)10-15(9-13)19-3/h8-10,12,16-17H,4-7,11H2,1-3H3. The third-order valence-corrected chi connectivity index (χ3v) is 4.09. The highest BCUT2D eigenvalue weighted by atomic mass is 16.5. The molecule has 1 N–H and O–H groups in total. The van der Waals surface area contributed by atoms with Crippen LogP contribution in [0.15, 0.2) is 18.2 Å². The van der Waals surface area contributed by atoms with Crippen LogP contribution in [0.4, 0.5) is 0 Å². The Balaban J connectivity index is 1.98. The molecule has 0 radical (unpaired) electrons. The fraction of sp³-hybridized carbons (Fsp3) is 0.625. The van der Waals surface area contributed by atoms with Crippen LogP contribution in [0.3, 0.4) is 0 Å². The van der Waals surface area contributed by atoms with Crippen LogP contribution in [0.5, 0.6) is 11.5 Å². The molecule has 0 aromatic heterocycles. The lowest BCUT2D eigenvalue weighted by Crippen LogP contribution is -2.36. The van der Waals surface area contributed by atoms with Gasteiger partial charge in [0.15, 0.2) is 0 Å². The number of hydrogen-bond donors (Lipinski definition) is 1. The predicted octanol–water partition coefficient (Wildman–Crippen LogP) is 3.37. The van der Waals surface area contributed by atoms with E-state index < -0.39 is 0 Å². The van der Waals surface area contributed by atoms with Gasteiger partial charge in [-0.15, -0.1) is 0 Å². The summed E-state index contributed by atoms with van der Waals surface area (Å²) in [6.07, 6.45) is 5.37. The van der Waals surface area contributed by atoms with E-state index in [-0.39, 0.29) is 0 Å². The maximum Gasteiger partial charge on any atom is 0.122 e. The summed E-state index contributed by atoms with van der Waals surface area (Å²) in [6, 6.07) is 6.70. The van der Waals surface area contributed by atoms with Crippen molar-refractivity contribution in [1.29, 1.82) is 0 Å². The summed E-state index contributed by atoms with van der Waals surface area (Å²) in [4.78, 5) is 0. The Bertz CT molecular complexity index is 383. The largest absolute Gasteiger partial charge is 0.497 e. The fourth-order valence-electron chi connectivity index (χ4n) is 2.84. The Morgan fingerprint density at radius 3 is 2.26 bits per heavy atom. The van der Waals surface area contributed by atoms with Crippen LogP contribution in [0.25, 0.3) is 0 Å². The van der Waals surface area contributed by atoms with Crippen molar-refractivity contribution in [3.63, 3.8) is 0 Å². The number of hydrogen-bond acceptors (Lipinski definition) is 3. The van der Waals surface area contributed by atoms with E-state index in [4.69, 9.17) is 9.47 Å². The number of rotatable bonds is 5. The average Bonchev–Trinajstić information content (AvgIpc) is 2.46. The van der Waals surface area contributed by atoms with Gasteiger partial charge in [0.05, 0.1) is 14.2 Å². The maximum absolute atomic E-state index is 5.30. The van der Waals surface area contributed by atoms with Gasteiger partial charge in [-0.1, -0.05) is 19.8 Å². The van der Waals surface area contributed by atoms with Gasteiger partial charge in [0.25, 0.3) is 0 Å². The van der Waals surface area contributed by atoms with E-state index in [0.29, 0.717) is 6.04 Å². The van der Waals surface area contributed by atoms with Gasteiger partial charge in [-0.05, 0) is 36.5 Å². The van der Waals surface area contributed by atoms with E-state index in [9.17, 15) is 0 Å². The number of ether oxygens (including phenoxy) is 2. The Morgan fingerprint density at radius 1 is 1.05 bits per heavy atom. The average molecular weight is 263 g/mol. The van der Waals surface area contributed by atoms with Gasteiger partial charge < -0.3 is 14.8 Å². The normalized spacial score (nSPS) is 23.1. The molecule has 1 aliphatic rings. The van der Waals surface area contributed by atoms with Crippen LogP contribution < -0.4 is 14.8 Å². The Hall–Kier alpha value is -1.22. The third kappa shape index (κ3) is 3.87. The van der Waals surface area contributed by atoms with Gasteiger partial charge in [0.2, 0.25) is 0 Å². The molecule has 0 saturated heterocycles. The van der Waals surface area contributed by atoms with Gasteiger partial charge in [-0.2, -0.15) is 0 Å². The monoisotopic (exact) mass is 263 g/mol. The minimum absolute atomic E-state index is 0.644. The van der Waals surface area contributed by atoms with E-state index >= 15 is 0 Å². The molecule has 0 heterocycles. The van der Waals surface area contributed by atoms with Crippen molar-refractivity contribution in [2.75, 3.05) is 14.2 Å². The van der Waals surface area contributed by atoms with Gasteiger partial charge >= 0.3 is 0 Å². The second kappa shape index (κ2) is 6.80. The fourth-order valence-corrected chi connectivity index (χ4v) is 2.84. The molecule has 2 atom stereocenters. The molecule has 2 unspecified atom stereocenters. The highest BCUT2D eigenvalue weighted by molar-refractivity contribution is 5.38. The lowest BCUT2D eigenvalue weighted by Gasteiger charge is -2.29. The maximum atomic E-state index is 5.30. The smallest absolute Gasteiger partial charge is 0.122 e. The quantitative estimate of drug-likeness (QED) is 0.883. The molecular weight excluding hydrogens is 238 g/mol. The molecule has 1 saturated carbocycles. The molecule has 1 aromatic rings. The molecule has 0 spiro atoms. The van der Waals surface area contributed by atoms with Crippen molar-refractivity contribution in [3.05, 3.63) is 23.8 Å². The molecule has 0 aliphatic heterocycles. The summed E-state index contributed by atoms with van der Waals surface area (Å²) in [6.45, 7) is 3.23. The molecule has 1 fully saturated rings. The summed E-state index contributed by atoms with van der Waals surface area (Å²) in [7, 11) is 3.38. The lowest BCUT2D eigenvalue weighted by molar-refractivity contribution is 0.279. The number of benzene rings is 1. The SMILES string of the molecule is COc1cc(CNC2CCCCC2C)cc(OC)c1. The Morgan fingerprint density at radius 2 is 1.68 bits per heavy atom. The molecule has 3 nitrogen and oxygen atoms in total. The molecule has 0 amide bonds. The Labute approximate surface area is 116 Å². The lowest BCUT2D eigenvalue weighted by atomic mass is 9.86. The van der Waals surface area contributed by atoms with Crippen LogP contribution in [-0.4, -0.2) is 20.3 Å². The minimum atomic E-state index is 0.644. The second-order valence-corrected chi connectivity index (χ2v) is 5.47. The van der Waals surface area contributed by atoms with Crippen LogP contribution in [0.1, 0.15) is 38.2 Å². The molecule has 0 bridgehead atoms. The number of methoxy groups -OCH3 is 2. The zero-order chi connectivity index (χ0) is 13.7. The minimum Gasteiger partial charge on any atom is -0.497 e.